The molecule has 0 N–H and O–H groups in total. The van der Waals surface area contributed by atoms with E-state index in [0.29, 0.717) is 11.5 Å². The van der Waals surface area contributed by atoms with E-state index in [0.717, 1.165) is 25.5 Å². The Bertz CT molecular complexity index is 525. The molecule has 1 atom stereocenters. The minimum atomic E-state index is -0.215. The Morgan fingerprint density at radius 1 is 1.38 bits per heavy atom. The lowest BCUT2D eigenvalue weighted by atomic mass is 10.1. The zero-order chi connectivity index (χ0) is 15.6. The second-order valence-electron chi connectivity index (χ2n) is 6.01. The minimum Gasteiger partial charge on any atom is -0.343 e. The maximum atomic E-state index is 12.4. The van der Waals surface area contributed by atoms with Gasteiger partial charge in [0.25, 0.3) is 0 Å². The maximum absolute atomic E-state index is 12.4. The number of carbonyl (C=O) groups is 2. The standard InChI is InChI=1S/C16H23N3O2/c1-11(2)10-18-7-8-19(12(3)16(18)21)15-6-5-14(9-17-15)13(4)20/h5-6,9,11-12H,7-8,10H2,1-4H3. The van der Waals surface area contributed by atoms with Crippen LogP contribution in [0.1, 0.15) is 38.1 Å². The molecule has 1 saturated heterocycles. The Morgan fingerprint density at radius 2 is 2.10 bits per heavy atom. The molecule has 0 bridgehead atoms. The van der Waals surface area contributed by atoms with Gasteiger partial charge >= 0.3 is 0 Å². The fraction of sp³-hybridized carbons (Fsp3) is 0.562. The van der Waals surface area contributed by atoms with Crippen molar-refractivity contribution >= 4 is 17.5 Å². The quantitative estimate of drug-likeness (QED) is 0.795. The number of pyridine rings is 1. The van der Waals surface area contributed by atoms with Gasteiger partial charge < -0.3 is 9.80 Å². The first-order valence-electron chi connectivity index (χ1n) is 7.42. The van der Waals surface area contributed by atoms with Gasteiger partial charge in [-0.15, -0.1) is 0 Å². The van der Waals surface area contributed by atoms with Gasteiger partial charge in [-0.25, -0.2) is 4.98 Å². The van der Waals surface area contributed by atoms with Gasteiger partial charge in [0.15, 0.2) is 5.78 Å². The van der Waals surface area contributed by atoms with Crippen molar-refractivity contribution in [3.63, 3.8) is 0 Å². The van der Waals surface area contributed by atoms with Crippen molar-refractivity contribution < 1.29 is 9.59 Å². The van der Waals surface area contributed by atoms with E-state index in [-0.39, 0.29) is 17.7 Å². The fourth-order valence-corrected chi connectivity index (χ4v) is 2.63. The van der Waals surface area contributed by atoms with E-state index in [1.165, 1.54) is 6.92 Å². The summed E-state index contributed by atoms with van der Waals surface area (Å²) in [6.45, 7) is 9.96. The molecule has 2 heterocycles. The lowest BCUT2D eigenvalue weighted by Gasteiger charge is -2.40. The highest BCUT2D eigenvalue weighted by atomic mass is 16.2. The molecule has 21 heavy (non-hydrogen) atoms. The van der Waals surface area contributed by atoms with Gasteiger partial charge in [-0.05, 0) is 31.9 Å². The van der Waals surface area contributed by atoms with Gasteiger partial charge in [-0.3, -0.25) is 9.59 Å². The number of piperazine rings is 1. The smallest absolute Gasteiger partial charge is 0.245 e. The molecule has 0 aromatic carbocycles. The number of hydrogen-bond donors (Lipinski definition) is 0. The highest BCUT2D eigenvalue weighted by molar-refractivity contribution is 5.94. The second-order valence-corrected chi connectivity index (χ2v) is 6.01. The third-order valence-corrected chi connectivity index (χ3v) is 3.78. The van der Waals surface area contributed by atoms with E-state index in [4.69, 9.17) is 0 Å². The van der Waals surface area contributed by atoms with Gasteiger partial charge in [0.1, 0.15) is 11.9 Å². The molecule has 1 aliphatic rings. The Kier molecular flexibility index (Phi) is 4.60. The van der Waals surface area contributed by atoms with Crippen LogP contribution in [-0.2, 0) is 4.79 Å². The molecule has 1 unspecified atom stereocenters. The molecule has 0 radical (unpaired) electrons. The Labute approximate surface area is 126 Å². The monoisotopic (exact) mass is 289 g/mol. The third-order valence-electron chi connectivity index (χ3n) is 3.78. The molecule has 5 nitrogen and oxygen atoms in total. The van der Waals surface area contributed by atoms with Crippen LogP contribution in [0.5, 0.6) is 0 Å². The van der Waals surface area contributed by atoms with Crippen LogP contribution in [0.2, 0.25) is 0 Å². The molecule has 1 fully saturated rings. The summed E-state index contributed by atoms with van der Waals surface area (Å²) < 4.78 is 0. The minimum absolute atomic E-state index is 0.0000671. The van der Waals surface area contributed by atoms with Crippen LogP contribution in [-0.4, -0.2) is 47.3 Å². The lowest BCUT2D eigenvalue weighted by Crippen LogP contribution is -2.56. The first-order chi connectivity index (χ1) is 9.90. The number of Topliss-reactive ketones (excluding diaryl/α,β-unsaturated/α-hetero) is 1. The summed E-state index contributed by atoms with van der Waals surface area (Å²) in [7, 11) is 0. The first-order valence-corrected chi connectivity index (χ1v) is 7.42. The summed E-state index contributed by atoms with van der Waals surface area (Å²) in [5.41, 5.74) is 0.594. The van der Waals surface area contributed by atoms with Gasteiger partial charge in [-0.2, -0.15) is 0 Å². The zero-order valence-electron chi connectivity index (χ0n) is 13.2. The van der Waals surface area contributed by atoms with Crippen molar-refractivity contribution in [1.82, 2.24) is 9.88 Å². The largest absolute Gasteiger partial charge is 0.343 e. The van der Waals surface area contributed by atoms with Crippen molar-refractivity contribution in [2.45, 2.75) is 33.7 Å². The van der Waals surface area contributed by atoms with Crippen LogP contribution >= 0.6 is 0 Å². The van der Waals surface area contributed by atoms with E-state index >= 15 is 0 Å². The lowest BCUT2D eigenvalue weighted by molar-refractivity contribution is -0.134. The summed E-state index contributed by atoms with van der Waals surface area (Å²) >= 11 is 0. The van der Waals surface area contributed by atoms with E-state index in [2.05, 4.69) is 18.8 Å². The van der Waals surface area contributed by atoms with E-state index < -0.39 is 0 Å². The Morgan fingerprint density at radius 3 is 2.62 bits per heavy atom. The average Bonchev–Trinajstić information content (AvgIpc) is 2.44. The summed E-state index contributed by atoms with van der Waals surface area (Å²) in [5, 5.41) is 0. The molecular weight excluding hydrogens is 266 g/mol. The van der Waals surface area contributed by atoms with Crippen LogP contribution < -0.4 is 4.90 Å². The highest BCUT2D eigenvalue weighted by Crippen LogP contribution is 2.20. The Balaban J connectivity index is 2.12. The number of carbonyl (C=O) groups excluding carboxylic acids is 2. The van der Waals surface area contributed by atoms with Crippen LogP contribution in [0.15, 0.2) is 18.3 Å². The number of amides is 1. The van der Waals surface area contributed by atoms with Crippen molar-refractivity contribution in [3.8, 4) is 0 Å². The number of hydrogen-bond acceptors (Lipinski definition) is 4. The number of ketones is 1. The summed E-state index contributed by atoms with van der Waals surface area (Å²) in [5.74, 6) is 1.37. The van der Waals surface area contributed by atoms with Crippen molar-refractivity contribution in [1.29, 1.82) is 0 Å². The predicted octanol–water partition coefficient (Wildman–Crippen LogP) is 1.98. The average molecular weight is 289 g/mol. The molecule has 114 valence electrons. The molecule has 1 aromatic rings. The molecule has 0 spiro atoms. The maximum Gasteiger partial charge on any atom is 0.245 e. The van der Waals surface area contributed by atoms with Crippen molar-refractivity contribution in [3.05, 3.63) is 23.9 Å². The number of anilines is 1. The van der Waals surface area contributed by atoms with Crippen molar-refractivity contribution in [2.75, 3.05) is 24.5 Å². The topological polar surface area (TPSA) is 53.5 Å². The third kappa shape index (κ3) is 3.40. The van der Waals surface area contributed by atoms with Gasteiger partial charge in [0.2, 0.25) is 5.91 Å². The Hall–Kier alpha value is -1.91. The van der Waals surface area contributed by atoms with Crippen LogP contribution in [0, 0.1) is 5.92 Å². The molecule has 2 rings (SSSR count). The molecule has 5 heteroatoms. The molecule has 1 aliphatic heterocycles. The molecule has 0 saturated carbocycles. The molecule has 1 aromatic heterocycles. The van der Waals surface area contributed by atoms with E-state index in [1.54, 1.807) is 12.3 Å². The SMILES string of the molecule is CC(=O)c1ccc(N2CCN(CC(C)C)C(=O)C2C)nc1. The summed E-state index contributed by atoms with van der Waals surface area (Å²) in [6, 6.07) is 3.37. The normalized spacial score (nSPS) is 19.3. The summed E-state index contributed by atoms with van der Waals surface area (Å²) in [6.07, 6.45) is 1.58. The second kappa shape index (κ2) is 6.24. The zero-order valence-corrected chi connectivity index (χ0v) is 13.2. The number of nitrogens with zero attached hydrogens (tertiary/aromatic N) is 3. The number of aromatic nitrogens is 1. The summed E-state index contributed by atoms with van der Waals surface area (Å²) in [4.78, 5) is 32.0. The van der Waals surface area contributed by atoms with Gasteiger partial charge in [0, 0.05) is 31.4 Å². The van der Waals surface area contributed by atoms with E-state index in [1.807, 2.05) is 22.8 Å². The van der Waals surface area contributed by atoms with Crippen molar-refractivity contribution in [2.24, 2.45) is 5.92 Å². The molecule has 1 amide bonds. The molecular formula is C16H23N3O2. The number of rotatable bonds is 4. The fourth-order valence-electron chi connectivity index (χ4n) is 2.63. The van der Waals surface area contributed by atoms with Gasteiger partial charge in [0.05, 0.1) is 0 Å². The first kappa shape index (κ1) is 15.5. The molecule has 0 aliphatic carbocycles. The van der Waals surface area contributed by atoms with E-state index in [9.17, 15) is 9.59 Å². The van der Waals surface area contributed by atoms with Crippen LogP contribution in [0.4, 0.5) is 5.82 Å². The van der Waals surface area contributed by atoms with Gasteiger partial charge in [-0.1, -0.05) is 13.8 Å². The predicted molar refractivity (Wildman–Crippen MR) is 82.5 cm³/mol. The van der Waals surface area contributed by atoms with Crippen LogP contribution in [0.3, 0.4) is 0 Å². The van der Waals surface area contributed by atoms with Crippen LogP contribution in [0.25, 0.3) is 0 Å². The highest BCUT2D eigenvalue weighted by Gasteiger charge is 2.32.